The molecule has 39 heavy (non-hydrogen) atoms. The molecule has 0 unspecified atom stereocenters. The van der Waals surface area contributed by atoms with Crippen LogP contribution in [0.4, 0.5) is 4.39 Å². The zero-order valence-electron chi connectivity index (χ0n) is 23.5. The maximum absolute atomic E-state index is 15.0. The Hall–Kier alpha value is -3.38. The van der Waals surface area contributed by atoms with Gasteiger partial charge in [0.25, 0.3) is 0 Å². The number of rotatable bonds is 12. The summed E-state index contributed by atoms with van der Waals surface area (Å²) in [7, 11) is 3.24. The minimum atomic E-state index is -0.779. The van der Waals surface area contributed by atoms with Crippen molar-refractivity contribution in [3.63, 3.8) is 0 Å². The Morgan fingerprint density at radius 1 is 1.00 bits per heavy atom. The molecule has 3 aromatic rings. The van der Waals surface area contributed by atoms with Crippen LogP contribution in [0.3, 0.4) is 0 Å². The smallest absolute Gasteiger partial charge is 0.303 e. The van der Waals surface area contributed by atoms with E-state index in [2.05, 4.69) is 20.8 Å². The summed E-state index contributed by atoms with van der Waals surface area (Å²) >= 11 is 0. The van der Waals surface area contributed by atoms with Crippen LogP contribution in [0.5, 0.6) is 11.5 Å². The second-order valence-electron chi connectivity index (χ2n) is 11.6. The first kappa shape index (κ1) is 28.6. The van der Waals surface area contributed by atoms with Crippen molar-refractivity contribution in [1.82, 2.24) is 0 Å². The van der Waals surface area contributed by atoms with Gasteiger partial charge in [-0.05, 0) is 82.3 Å². The van der Waals surface area contributed by atoms with Gasteiger partial charge in [-0.2, -0.15) is 0 Å². The molecule has 0 heterocycles. The summed E-state index contributed by atoms with van der Waals surface area (Å²) in [5.74, 6) is 0.778. The monoisotopic (exact) mass is 534 g/mol. The Balaban J connectivity index is 1.62. The maximum atomic E-state index is 15.0. The van der Waals surface area contributed by atoms with E-state index in [-0.39, 0.29) is 29.7 Å². The van der Waals surface area contributed by atoms with Crippen LogP contribution in [0.25, 0.3) is 11.1 Å². The van der Waals surface area contributed by atoms with Crippen LogP contribution in [-0.4, -0.2) is 25.3 Å². The molecule has 1 aliphatic rings. The summed E-state index contributed by atoms with van der Waals surface area (Å²) in [6.45, 7) is 6.59. The molecule has 1 aliphatic carbocycles. The summed E-state index contributed by atoms with van der Waals surface area (Å²) in [4.78, 5) is 11.5. The fourth-order valence-corrected chi connectivity index (χ4v) is 5.28. The molecule has 1 saturated carbocycles. The third-order valence-corrected chi connectivity index (χ3v) is 7.36. The Morgan fingerprint density at radius 3 is 2.41 bits per heavy atom. The zero-order chi connectivity index (χ0) is 28.2. The summed E-state index contributed by atoms with van der Waals surface area (Å²) in [5, 5.41) is 9.43. The first-order valence-electron chi connectivity index (χ1n) is 13.5. The third kappa shape index (κ3) is 7.39. The Bertz CT molecular complexity index is 1290. The molecule has 6 heteroatoms. The fourth-order valence-electron chi connectivity index (χ4n) is 5.28. The summed E-state index contributed by atoms with van der Waals surface area (Å²) < 4.78 is 32.5. The quantitative estimate of drug-likeness (QED) is 0.254. The van der Waals surface area contributed by atoms with Crippen LogP contribution >= 0.6 is 0 Å². The highest BCUT2D eigenvalue weighted by molar-refractivity contribution is 5.71. The van der Waals surface area contributed by atoms with Crippen LogP contribution in [0.2, 0.25) is 0 Å². The average molecular weight is 535 g/mol. The number of halogens is 1. The molecule has 0 saturated heterocycles. The molecule has 2 atom stereocenters. The van der Waals surface area contributed by atoms with Gasteiger partial charge in [0.1, 0.15) is 23.9 Å². The van der Waals surface area contributed by atoms with Gasteiger partial charge in [-0.15, -0.1) is 0 Å². The molecule has 3 aromatic carbocycles. The van der Waals surface area contributed by atoms with Crippen molar-refractivity contribution in [3.05, 3.63) is 83.2 Å². The van der Waals surface area contributed by atoms with Crippen molar-refractivity contribution >= 4 is 5.97 Å². The second kappa shape index (κ2) is 12.2. The second-order valence-corrected chi connectivity index (χ2v) is 11.6. The van der Waals surface area contributed by atoms with Gasteiger partial charge in [0.2, 0.25) is 0 Å². The molecule has 0 aromatic heterocycles. The lowest BCUT2D eigenvalue weighted by Gasteiger charge is -2.32. The van der Waals surface area contributed by atoms with E-state index in [0.29, 0.717) is 29.6 Å². The molecule has 5 nitrogen and oxygen atoms in total. The van der Waals surface area contributed by atoms with Gasteiger partial charge < -0.3 is 19.3 Å². The topological polar surface area (TPSA) is 65.0 Å². The lowest BCUT2D eigenvalue weighted by molar-refractivity contribution is -0.137. The molecule has 208 valence electrons. The molecule has 0 radical (unpaired) electrons. The molecule has 0 aliphatic heterocycles. The minimum Gasteiger partial charge on any atom is -0.497 e. The number of carbonyl (C=O) groups is 1. The van der Waals surface area contributed by atoms with E-state index in [4.69, 9.17) is 14.2 Å². The first-order chi connectivity index (χ1) is 18.6. The maximum Gasteiger partial charge on any atom is 0.303 e. The number of aliphatic carboxylic acids is 1. The van der Waals surface area contributed by atoms with E-state index >= 15 is 4.39 Å². The van der Waals surface area contributed by atoms with E-state index < -0.39 is 5.97 Å². The first-order valence-corrected chi connectivity index (χ1v) is 13.5. The lowest BCUT2D eigenvalue weighted by atomic mass is 9.81. The highest BCUT2D eigenvalue weighted by atomic mass is 19.1. The van der Waals surface area contributed by atoms with Gasteiger partial charge in [0.05, 0.1) is 19.6 Å². The number of benzene rings is 3. The highest BCUT2D eigenvalue weighted by Gasteiger charge is 2.30. The zero-order valence-corrected chi connectivity index (χ0v) is 23.5. The van der Waals surface area contributed by atoms with Gasteiger partial charge in [-0.25, -0.2) is 4.39 Å². The van der Waals surface area contributed by atoms with E-state index in [1.54, 1.807) is 26.4 Å². The molecule has 1 fully saturated rings. The summed E-state index contributed by atoms with van der Waals surface area (Å²) in [6.07, 6.45) is 3.09. The largest absolute Gasteiger partial charge is 0.497 e. The fraction of sp³-hybridized carbons (Fsp3) is 0.424. The molecule has 1 N–H and O–H groups in total. The number of hydrogen-bond acceptors (Lipinski definition) is 4. The van der Waals surface area contributed by atoms with Crippen LogP contribution < -0.4 is 9.47 Å². The normalized spacial score (nSPS) is 15.0. The van der Waals surface area contributed by atoms with Gasteiger partial charge in [-0.1, -0.05) is 57.9 Å². The minimum absolute atomic E-state index is 0.0172. The number of carboxylic acid groups (broad SMARTS) is 1. The van der Waals surface area contributed by atoms with Crippen molar-refractivity contribution in [2.75, 3.05) is 14.2 Å². The summed E-state index contributed by atoms with van der Waals surface area (Å²) in [6, 6.07) is 18.4. The lowest BCUT2D eigenvalue weighted by Crippen LogP contribution is -2.21. The molecule has 4 rings (SSSR count). The van der Waals surface area contributed by atoms with Crippen molar-refractivity contribution in [2.24, 2.45) is 11.3 Å². The SMILES string of the molecule is COc1ccc(F)c(-c2ccc(COc3cccc([C@H](CC(=O)O)CC4CC4)c3)cc2[C@H](OC)C(C)(C)C)c1. The average Bonchev–Trinajstić information content (AvgIpc) is 3.71. The van der Waals surface area contributed by atoms with E-state index in [0.717, 1.165) is 28.7 Å². The Morgan fingerprint density at radius 2 is 1.77 bits per heavy atom. The van der Waals surface area contributed by atoms with Crippen LogP contribution in [0, 0.1) is 17.2 Å². The van der Waals surface area contributed by atoms with E-state index in [1.807, 2.05) is 42.5 Å². The third-order valence-electron chi connectivity index (χ3n) is 7.36. The number of ether oxygens (including phenoxy) is 3. The van der Waals surface area contributed by atoms with E-state index in [1.165, 1.54) is 18.9 Å². The number of carboxylic acids is 1. The Labute approximate surface area is 230 Å². The molecule has 0 spiro atoms. The standard InChI is InChI=1S/C33H39FO5/c1-33(2,3)32(38-5)29-16-22(11-13-27(29)28-19-25(37-4)12-14-30(28)34)20-39-26-8-6-7-23(17-26)24(18-31(35)36)15-21-9-10-21/h6-8,11-14,16-17,19,21,24,32H,9-10,15,18,20H2,1-5H3,(H,35,36)/t24-,32-/m0/s1. The van der Waals surface area contributed by atoms with Crippen LogP contribution in [0.15, 0.2) is 60.7 Å². The summed E-state index contributed by atoms with van der Waals surface area (Å²) in [5.41, 5.74) is 3.75. The molecule has 0 bridgehead atoms. The highest BCUT2D eigenvalue weighted by Crippen LogP contribution is 2.43. The van der Waals surface area contributed by atoms with Crippen LogP contribution in [-0.2, 0) is 16.1 Å². The van der Waals surface area contributed by atoms with Crippen molar-refractivity contribution < 1.29 is 28.5 Å². The van der Waals surface area contributed by atoms with Crippen molar-refractivity contribution in [2.45, 2.75) is 65.1 Å². The van der Waals surface area contributed by atoms with Crippen molar-refractivity contribution in [1.29, 1.82) is 0 Å². The molecular formula is C33H39FO5. The molecule has 0 amide bonds. The van der Waals surface area contributed by atoms with Crippen LogP contribution in [0.1, 0.15) is 75.2 Å². The van der Waals surface area contributed by atoms with Gasteiger partial charge >= 0.3 is 5.97 Å². The van der Waals surface area contributed by atoms with Gasteiger partial charge in [0, 0.05) is 12.7 Å². The number of methoxy groups -OCH3 is 2. The van der Waals surface area contributed by atoms with E-state index in [9.17, 15) is 9.90 Å². The predicted octanol–water partition coefficient (Wildman–Crippen LogP) is 8.17. The predicted molar refractivity (Wildman–Crippen MR) is 151 cm³/mol. The Kier molecular flexibility index (Phi) is 8.96. The van der Waals surface area contributed by atoms with Crippen molar-refractivity contribution in [3.8, 4) is 22.6 Å². The van der Waals surface area contributed by atoms with Gasteiger partial charge in [0.15, 0.2) is 0 Å². The molecular weight excluding hydrogens is 495 g/mol. The number of hydrogen-bond donors (Lipinski definition) is 1. The van der Waals surface area contributed by atoms with Gasteiger partial charge in [-0.3, -0.25) is 4.79 Å².